The van der Waals surface area contributed by atoms with E-state index in [-0.39, 0.29) is 30.3 Å². The molecule has 1 aliphatic rings. The van der Waals surface area contributed by atoms with E-state index in [9.17, 15) is 14.4 Å². The number of thiophene rings is 1. The quantitative estimate of drug-likeness (QED) is 0.684. The summed E-state index contributed by atoms with van der Waals surface area (Å²) in [5.41, 5.74) is 0.344. The second-order valence-corrected chi connectivity index (χ2v) is 9.90. The molecule has 1 unspecified atom stereocenters. The molecule has 1 aliphatic carbocycles. The molecule has 6 nitrogen and oxygen atoms in total. The molecular weight excluding hydrogens is 410 g/mol. The number of carbonyl (C=O) groups excluding carboxylic acids is 3. The van der Waals surface area contributed by atoms with E-state index in [0.29, 0.717) is 4.88 Å². The molecule has 0 saturated heterocycles. The van der Waals surface area contributed by atoms with Crippen molar-refractivity contribution in [2.24, 2.45) is 0 Å². The molecule has 1 aromatic carbocycles. The molecule has 3 amide bonds. The lowest BCUT2D eigenvalue weighted by molar-refractivity contribution is -0.143. The first-order valence-corrected chi connectivity index (χ1v) is 11.6. The maximum absolute atomic E-state index is 13.4. The minimum Gasteiger partial charge on any atom is -0.349 e. The number of benzene rings is 1. The molecule has 0 aliphatic heterocycles. The Labute approximate surface area is 188 Å². The molecule has 1 heterocycles. The molecule has 2 N–H and O–H groups in total. The third-order valence-corrected chi connectivity index (χ3v) is 6.16. The number of hydrogen-bond donors (Lipinski definition) is 2. The van der Waals surface area contributed by atoms with Gasteiger partial charge in [-0.2, -0.15) is 0 Å². The molecule has 166 valence electrons. The van der Waals surface area contributed by atoms with E-state index in [0.717, 1.165) is 31.2 Å². The number of nitrogens with zero attached hydrogens (tertiary/aromatic N) is 1. The summed E-state index contributed by atoms with van der Waals surface area (Å²) in [5, 5.41) is 7.60. The SMILES string of the molecule is CC(C)(C)NC(=O)C(c1ccccc1)N(C(=O)CNC(=O)c1cccs1)C1CCCC1. The van der Waals surface area contributed by atoms with E-state index >= 15 is 0 Å². The zero-order valence-corrected chi connectivity index (χ0v) is 19.2. The third-order valence-electron chi connectivity index (χ3n) is 5.29. The van der Waals surface area contributed by atoms with Crippen LogP contribution in [0.3, 0.4) is 0 Å². The van der Waals surface area contributed by atoms with Crippen LogP contribution in [0, 0.1) is 0 Å². The second-order valence-electron chi connectivity index (χ2n) is 8.95. The van der Waals surface area contributed by atoms with Crippen LogP contribution in [0.5, 0.6) is 0 Å². The van der Waals surface area contributed by atoms with Gasteiger partial charge >= 0.3 is 0 Å². The van der Waals surface area contributed by atoms with Crippen molar-refractivity contribution in [3.63, 3.8) is 0 Å². The Hall–Kier alpha value is -2.67. The van der Waals surface area contributed by atoms with E-state index in [4.69, 9.17) is 0 Å². The lowest BCUT2D eigenvalue weighted by atomic mass is 9.99. The summed E-state index contributed by atoms with van der Waals surface area (Å²) in [7, 11) is 0. The van der Waals surface area contributed by atoms with Crippen LogP contribution in [-0.4, -0.2) is 40.7 Å². The van der Waals surface area contributed by atoms with Gasteiger partial charge in [0, 0.05) is 11.6 Å². The van der Waals surface area contributed by atoms with Gasteiger partial charge in [0.25, 0.3) is 5.91 Å². The Kier molecular flexibility index (Phi) is 7.49. The van der Waals surface area contributed by atoms with Crippen LogP contribution in [0.25, 0.3) is 0 Å². The monoisotopic (exact) mass is 441 g/mol. The Morgan fingerprint density at radius 3 is 2.32 bits per heavy atom. The lowest BCUT2D eigenvalue weighted by Crippen LogP contribution is -2.53. The van der Waals surface area contributed by atoms with Gasteiger partial charge < -0.3 is 15.5 Å². The van der Waals surface area contributed by atoms with Crippen molar-refractivity contribution in [2.75, 3.05) is 6.54 Å². The zero-order valence-electron chi connectivity index (χ0n) is 18.4. The standard InChI is InChI=1S/C24H31N3O3S/c1-24(2,3)26-23(30)21(17-10-5-4-6-11-17)27(18-12-7-8-13-18)20(28)16-25-22(29)19-14-9-15-31-19/h4-6,9-11,14-15,18,21H,7-8,12-13,16H2,1-3H3,(H,25,29)(H,26,30). The third kappa shape index (κ3) is 6.17. The highest BCUT2D eigenvalue weighted by Crippen LogP contribution is 2.32. The topological polar surface area (TPSA) is 78.5 Å². The molecule has 0 bridgehead atoms. The van der Waals surface area contributed by atoms with Gasteiger partial charge in [-0.1, -0.05) is 49.2 Å². The molecule has 0 spiro atoms. The highest BCUT2D eigenvalue weighted by atomic mass is 32.1. The first-order chi connectivity index (χ1) is 14.8. The predicted octanol–water partition coefficient (Wildman–Crippen LogP) is 3.91. The van der Waals surface area contributed by atoms with Crippen molar-refractivity contribution in [3.8, 4) is 0 Å². The first kappa shape index (κ1) is 23.0. The van der Waals surface area contributed by atoms with Crippen molar-refractivity contribution < 1.29 is 14.4 Å². The number of hydrogen-bond acceptors (Lipinski definition) is 4. The van der Waals surface area contributed by atoms with Crippen molar-refractivity contribution in [3.05, 3.63) is 58.3 Å². The van der Waals surface area contributed by atoms with Crippen LogP contribution in [0.4, 0.5) is 0 Å². The fourth-order valence-corrected chi connectivity index (χ4v) is 4.63. The highest BCUT2D eigenvalue weighted by Gasteiger charge is 2.38. The number of nitrogens with one attached hydrogen (secondary N) is 2. The lowest BCUT2D eigenvalue weighted by Gasteiger charge is -2.37. The summed E-state index contributed by atoms with van der Waals surface area (Å²) in [5.74, 6) is -0.719. The summed E-state index contributed by atoms with van der Waals surface area (Å²) in [6.07, 6.45) is 3.77. The molecule has 1 fully saturated rings. The fraction of sp³-hybridized carbons (Fsp3) is 0.458. The normalized spacial score (nSPS) is 15.3. The van der Waals surface area contributed by atoms with E-state index in [1.165, 1.54) is 11.3 Å². The van der Waals surface area contributed by atoms with Gasteiger partial charge in [-0.3, -0.25) is 14.4 Å². The maximum atomic E-state index is 13.4. The van der Waals surface area contributed by atoms with Crippen molar-refractivity contribution in [1.82, 2.24) is 15.5 Å². The molecule has 3 rings (SSSR count). The fourth-order valence-electron chi connectivity index (χ4n) is 3.99. The van der Waals surface area contributed by atoms with Gasteiger partial charge in [0.2, 0.25) is 11.8 Å². The molecule has 7 heteroatoms. The minimum atomic E-state index is -0.741. The summed E-state index contributed by atoms with van der Waals surface area (Å²) < 4.78 is 0. The Morgan fingerprint density at radius 2 is 1.74 bits per heavy atom. The molecule has 1 aromatic heterocycles. The second kappa shape index (κ2) is 10.1. The summed E-state index contributed by atoms with van der Waals surface area (Å²) >= 11 is 1.33. The Bertz CT molecular complexity index is 885. The smallest absolute Gasteiger partial charge is 0.261 e. The number of rotatable bonds is 7. The van der Waals surface area contributed by atoms with Gasteiger partial charge in [0.05, 0.1) is 11.4 Å². The van der Waals surface area contributed by atoms with Gasteiger partial charge in [0.1, 0.15) is 6.04 Å². The van der Waals surface area contributed by atoms with Gasteiger partial charge in [-0.15, -0.1) is 11.3 Å². The summed E-state index contributed by atoms with van der Waals surface area (Å²) in [4.78, 5) is 41.5. The van der Waals surface area contributed by atoms with Gasteiger partial charge in [-0.05, 0) is 50.6 Å². The van der Waals surface area contributed by atoms with Crippen LogP contribution in [0.2, 0.25) is 0 Å². The largest absolute Gasteiger partial charge is 0.349 e. The van der Waals surface area contributed by atoms with Crippen LogP contribution in [-0.2, 0) is 9.59 Å². The van der Waals surface area contributed by atoms with Crippen molar-refractivity contribution >= 4 is 29.1 Å². The van der Waals surface area contributed by atoms with Crippen molar-refractivity contribution in [1.29, 1.82) is 0 Å². The minimum absolute atomic E-state index is 0.0259. The van der Waals surface area contributed by atoms with Gasteiger partial charge in [0.15, 0.2) is 0 Å². The molecule has 0 radical (unpaired) electrons. The van der Waals surface area contributed by atoms with Crippen LogP contribution < -0.4 is 10.6 Å². The molecule has 1 atom stereocenters. The maximum Gasteiger partial charge on any atom is 0.261 e. The summed E-state index contributed by atoms with van der Waals surface area (Å²) in [6.45, 7) is 5.64. The molecule has 31 heavy (non-hydrogen) atoms. The zero-order chi connectivity index (χ0) is 22.4. The molecule has 2 aromatic rings. The Morgan fingerprint density at radius 1 is 1.06 bits per heavy atom. The number of amides is 3. The molecule has 1 saturated carbocycles. The average molecular weight is 442 g/mol. The number of carbonyl (C=O) groups is 3. The van der Waals surface area contributed by atoms with Crippen molar-refractivity contribution in [2.45, 2.75) is 64.1 Å². The van der Waals surface area contributed by atoms with E-state index in [1.54, 1.807) is 17.0 Å². The van der Waals surface area contributed by atoms with Crippen LogP contribution in [0.15, 0.2) is 47.8 Å². The van der Waals surface area contributed by atoms with Crippen LogP contribution >= 0.6 is 11.3 Å². The van der Waals surface area contributed by atoms with Gasteiger partial charge in [-0.25, -0.2) is 0 Å². The Balaban J connectivity index is 1.88. The first-order valence-electron chi connectivity index (χ1n) is 10.8. The van der Waals surface area contributed by atoms with E-state index < -0.39 is 11.6 Å². The molecular formula is C24H31N3O3S. The van der Waals surface area contributed by atoms with E-state index in [1.807, 2.05) is 56.5 Å². The summed E-state index contributed by atoms with van der Waals surface area (Å²) in [6, 6.07) is 12.2. The average Bonchev–Trinajstić information content (AvgIpc) is 3.43. The van der Waals surface area contributed by atoms with E-state index in [2.05, 4.69) is 10.6 Å². The van der Waals surface area contributed by atoms with Crippen LogP contribution in [0.1, 0.15) is 67.7 Å². The highest BCUT2D eigenvalue weighted by molar-refractivity contribution is 7.12. The predicted molar refractivity (Wildman–Crippen MR) is 123 cm³/mol.